The smallest absolute Gasteiger partial charge is 0.303 e. The predicted octanol–water partition coefficient (Wildman–Crippen LogP) is -0.0580. The third-order valence-electron chi connectivity index (χ3n) is 3.36. The highest BCUT2D eigenvalue weighted by molar-refractivity contribution is 5.82. The van der Waals surface area contributed by atoms with Crippen molar-refractivity contribution in [3.63, 3.8) is 0 Å². The van der Waals surface area contributed by atoms with E-state index in [1.165, 1.54) is 0 Å². The molecule has 0 aromatic rings. The van der Waals surface area contributed by atoms with E-state index in [0.29, 0.717) is 6.54 Å². The Hall–Kier alpha value is -1.14. The fraction of sp³-hybridized carbons (Fsp3) is 0.833. The molecule has 0 aliphatic carbocycles. The van der Waals surface area contributed by atoms with Gasteiger partial charge in [0, 0.05) is 13.0 Å². The summed E-state index contributed by atoms with van der Waals surface area (Å²) in [6, 6.07) is -0.955. The molecule has 1 amide bonds. The van der Waals surface area contributed by atoms with E-state index in [2.05, 4.69) is 0 Å². The summed E-state index contributed by atoms with van der Waals surface area (Å²) in [5.74, 6) is -1.19. The molecule has 0 spiro atoms. The Morgan fingerprint density at radius 2 is 2.06 bits per heavy atom. The van der Waals surface area contributed by atoms with Crippen molar-refractivity contribution in [2.75, 3.05) is 13.2 Å². The summed E-state index contributed by atoms with van der Waals surface area (Å²) in [4.78, 5) is 24.2. The molecular weight excluding hydrogens is 236 g/mol. The summed E-state index contributed by atoms with van der Waals surface area (Å²) in [7, 11) is 0. The molecule has 0 bridgehead atoms. The Labute approximate surface area is 107 Å². The molecule has 104 valence electrons. The lowest BCUT2D eigenvalue weighted by atomic mass is 10.1. The fourth-order valence-corrected chi connectivity index (χ4v) is 2.27. The van der Waals surface area contributed by atoms with E-state index in [4.69, 9.17) is 10.8 Å². The third kappa shape index (κ3) is 4.27. The number of carbonyl (C=O) groups is 2. The van der Waals surface area contributed by atoms with Gasteiger partial charge in [0.2, 0.25) is 5.91 Å². The van der Waals surface area contributed by atoms with Crippen LogP contribution in [0.2, 0.25) is 0 Å². The van der Waals surface area contributed by atoms with Crippen molar-refractivity contribution in [1.29, 1.82) is 0 Å². The van der Waals surface area contributed by atoms with E-state index in [1.807, 2.05) is 0 Å². The quantitative estimate of drug-likeness (QED) is 0.641. The maximum Gasteiger partial charge on any atom is 0.303 e. The second kappa shape index (κ2) is 7.33. The van der Waals surface area contributed by atoms with Gasteiger partial charge < -0.3 is 20.8 Å². The minimum absolute atomic E-state index is 0.0581. The van der Waals surface area contributed by atoms with Gasteiger partial charge >= 0.3 is 5.97 Å². The Morgan fingerprint density at radius 3 is 2.67 bits per heavy atom. The average molecular weight is 258 g/mol. The largest absolute Gasteiger partial charge is 0.481 e. The van der Waals surface area contributed by atoms with Gasteiger partial charge in [-0.15, -0.1) is 0 Å². The standard InChI is InChI=1S/C12H22N2O4/c13-10(5-6-11(16)17)12(18)14-7-3-1-2-4-9(14)8-15/h9-10,15H,1-8,13H2,(H,16,17). The van der Waals surface area contributed by atoms with Crippen LogP contribution < -0.4 is 5.73 Å². The molecular formula is C12H22N2O4. The van der Waals surface area contributed by atoms with Crippen molar-refractivity contribution in [2.24, 2.45) is 5.73 Å². The van der Waals surface area contributed by atoms with E-state index in [-0.39, 0.29) is 31.4 Å². The highest BCUT2D eigenvalue weighted by Crippen LogP contribution is 2.17. The van der Waals surface area contributed by atoms with E-state index in [0.717, 1.165) is 25.7 Å². The number of aliphatic carboxylic acids is 1. The summed E-state index contributed by atoms with van der Waals surface area (Å²) in [6.07, 6.45) is 3.78. The highest BCUT2D eigenvalue weighted by Gasteiger charge is 2.28. The molecule has 6 nitrogen and oxygen atoms in total. The number of nitrogens with zero attached hydrogens (tertiary/aromatic N) is 1. The lowest BCUT2D eigenvalue weighted by Gasteiger charge is -2.30. The third-order valence-corrected chi connectivity index (χ3v) is 3.36. The number of hydrogen-bond acceptors (Lipinski definition) is 4. The maximum absolute atomic E-state index is 12.1. The molecule has 1 rings (SSSR count). The zero-order valence-corrected chi connectivity index (χ0v) is 10.5. The molecule has 1 aliphatic heterocycles. The van der Waals surface area contributed by atoms with Crippen molar-refractivity contribution in [3.8, 4) is 0 Å². The van der Waals surface area contributed by atoms with Crippen molar-refractivity contribution in [3.05, 3.63) is 0 Å². The average Bonchev–Trinajstić information content (AvgIpc) is 2.59. The molecule has 1 aliphatic rings. The molecule has 0 radical (unpaired) electrons. The first-order valence-electron chi connectivity index (χ1n) is 6.45. The topological polar surface area (TPSA) is 104 Å². The number of hydrogen-bond donors (Lipinski definition) is 3. The van der Waals surface area contributed by atoms with Crippen LogP contribution in [-0.4, -0.2) is 52.2 Å². The van der Waals surface area contributed by atoms with Crippen LogP contribution in [0, 0.1) is 0 Å². The van der Waals surface area contributed by atoms with E-state index in [9.17, 15) is 14.7 Å². The first-order chi connectivity index (χ1) is 8.56. The van der Waals surface area contributed by atoms with Crippen LogP contribution in [0.25, 0.3) is 0 Å². The second-order valence-corrected chi connectivity index (χ2v) is 4.76. The zero-order chi connectivity index (χ0) is 13.5. The monoisotopic (exact) mass is 258 g/mol. The van der Waals surface area contributed by atoms with Gasteiger partial charge in [-0.25, -0.2) is 0 Å². The number of carbonyl (C=O) groups excluding carboxylic acids is 1. The molecule has 1 saturated heterocycles. The summed E-state index contributed by atoms with van der Waals surface area (Å²) < 4.78 is 0. The van der Waals surface area contributed by atoms with Gasteiger partial charge in [0.25, 0.3) is 0 Å². The van der Waals surface area contributed by atoms with Gasteiger partial charge in [-0.05, 0) is 19.3 Å². The number of rotatable bonds is 5. The Morgan fingerprint density at radius 1 is 1.33 bits per heavy atom. The molecule has 1 heterocycles. The maximum atomic E-state index is 12.1. The number of carboxylic acids is 1. The molecule has 6 heteroatoms. The van der Waals surface area contributed by atoms with Crippen LogP contribution >= 0.6 is 0 Å². The van der Waals surface area contributed by atoms with Gasteiger partial charge in [-0.2, -0.15) is 0 Å². The molecule has 2 atom stereocenters. The van der Waals surface area contributed by atoms with E-state index >= 15 is 0 Å². The molecule has 0 aromatic heterocycles. The normalized spacial score (nSPS) is 22.3. The first kappa shape index (κ1) is 14.9. The van der Waals surface area contributed by atoms with Crippen LogP contribution in [0.4, 0.5) is 0 Å². The number of aliphatic hydroxyl groups is 1. The molecule has 18 heavy (non-hydrogen) atoms. The van der Waals surface area contributed by atoms with Crippen molar-refractivity contribution in [2.45, 2.75) is 50.6 Å². The summed E-state index contributed by atoms with van der Waals surface area (Å²) >= 11 is 0. The Balaban J connectivity index is 2.58. The van der Waals surface area contributed by atoms with Crippen molar-refractivity contribution >= 4 is 11.9 Å². The Bertz CT molecular complexity index is 296. The number of aliphatic hydroxyl groups excluding tert-OH is 1. The molecule has 2 unspecified atom stereocenters. The minimum Gasteiger partial charge on any atom is -0.481 e. The second-order valence-electron chi connectivity index (χ2n) is 4.76. The first-order valence-corrected chi connectivity index (χ1v) is 6.45. The fourth-order valence-electron chi connectivity index (χ4n) is 2.27. The van der Waals surface area contributed by atoms with Crippen LogP contribution in [-0.2, 0) is 9.59 Å². The van der Waals surface area contributed by atoms with Crippen LogP contribution in [0.15, 0.2) is 0 Å². The number of likely N-dealkylation sites (tertiary alicyclic amines) is 1. The van der Waals surface area contributed by atoms with Gasteiger partial charge in [-0.1, -0.05) is 12.8 Å². The van der Waals surface area contributed by atoms with Crippen molar-refractivity contribution < 1.29 is 19.8 Å². The van der Waals surface area contributed by atoms with E-state index in [1.54, 1.807) is 4.90 Å². The molecule has 4 N–H and O–H groups in total. The lowest BCUT2D eigenvalue weighted by molar-refractivity contribution is -0.138. The van der Waals surface area contributed by atoms with E-state index < -0.39 is 12.0 Å². The summed E-state index contributed by atoms with van der Waals surface area (Å²) in [5.41, 5.74) is 5.73. The number of carboxylic acid groups (broad SMARTS) is 1. The molecule has 0 saturated carbocycles. The SMILES string of the molecule is NC(CCC(=O)O)C(=O)N1CCCCCC1CO. The molecule has 0 aromatic carbocycles. The van der Waals surface area contributed by atoms with Gasteiger partial charge in [0.15, 0.2) is 0 Å². The minimum atomic E-state index is -0.951. The van der Waals surface area contributed by atoms with Crippen LogP contribution in [0.1, 0.15) is 38.5 Å². The summed E-state index contributed by atoms with van der Waals surface area (Å²) in [5, 5.41) is 17.9. The number of amides is 1. The lowest BCUT2D eigenvalue weighted by Crippen LogP contribution is -2.49. The number of nitrogens with two attached hydrogens (primary N) is 1. The summed E-state index contributed by atoms with van der Waals surface area (Å²) in [6.45, 7) is 0.544. The Kier molecular flexibility index (Phi) is 6.07. The molecule has 1 fully saturated rings. The zero-order valence-electron chi connectivity index (χ0n) is 10.5. The van der Waals surface area contributed by atoms with Crippen LogP contribution in [0.5, 0.6) is 0 Å². The van der Waals surface area contributed by atoms with Crippen molar-refractivity contribution in [1.82, 2.24) is 4.90 Å². The van der Waals surface area contributed by atoms with Gasteiger partial charge in [0.1, 0.15) is 0 Å². The highest BCUT2D eigenvalue weighted by atomic mass is 16.4. The van der Waals surface area contributed by atoms with Gasteiger partial charge in [0.05, 0.1) is 18.7 Å². The predicted molar refractivity (Wildman–Crippen MR) is 65.9 cm³/mol. The van der Waals surface area contributed by atoms with Gasteiger partial charge in [-0.3, -0.25) is 9.59 Å². The van der Waals surface area contributed by atoms with Crippen LogP contribution in [0.3, 0.4) is 0 Å².